The molecule has 0 unspecified atom stereocenters. The fourth-order valence-electron chi connectivity index (χ4n) is 3.26. The van der Waals surface area contributed by atoms with E-state index in [1.807, 2.05) is 11.5 Å². The van der Waals surface area contributed by atoms with Gasteiger partial charge in [-0.25, -0.2) is 26.9 Å². The smallest absolute Gasteiger partial charge is 0.350 e. The third kappa shape index (κ3) is 5.33. The molecule has 0 fully saturated rings. The van der Waals surface area contributed by atoms with Crippen molar-refractivity contribution in [3.05, 3.63) is 54.1 Å². The number of hydrogen-bond acceptors (Lipinski definition) is 6. The Kier molecular flexibility index (Phi) is 7.08. The lowest BCUT2D eigenvalue weighted by atomic mass is 10.1. The van der Waals surface area contributed by atoms with Crippen LogP contribution in [0.15, 0.2) is 47.4 Å². The van der Waals surface area contributed by atoms with E-state index in [4.69, 9.17) is 9.47 Å². The van der Waals surface area contributed by atoms with Gasteiger partial charge >= 0.3 is 5.97 Å². The van der Waals surface area contributed by atoms with Crippen molar-refractivity contribution in [2.75, 3.05) is 14.1 Å². The summed E-state index contributed by atoms with van der Waals surface area (Å²) in [6.07, 6.45) is 0.809. The maximum Gasteiger partial charge on any atom is 0.350 e. The number of rotatable bonds is 9. The highest BCUT2D eigenvalue weighted by molar-refractivity contribution is 7.89. The predicted octanol–water partition coefficient (Wildman–Crippen LogP) is 3.74. The van der Waals surface area contributed by atoms with E-state index in [0.717, 1.165) is 16.2 Å². The molecule has 1 heterocycles. The minimum absolute atomic E-state index is 0.112. The normalized spacial score (nSPS) is 12.3. The largest absolute Gasteiger partial charge is 0.476 e. The third-order valence-corrected chi connectivity index (χ3v) is 6.85. The van der Waals surface area contributed by atoms with E-state index in [0.29, 0.717) is 23.6 Å². The Morgan fingerprint density at radius 1 is 1.15 bits per heavy atom. The van der Waals surface area contributed by atoms with Crippen LogP contribution in [-0.4, -0.2) is 47.9 Å². The van der Waals surface area contributed by atoms with Gasteiger partial charge in [0, 0.05) is 20.6 Å². The highest BCUT2D eigenvalue weighted by Gasteiger charge is 2.32. The van der Waals surface area contributed by atoms with Gasteiger partial charge in [0.25, 0.3) is 0 Å². The quantitative estimate of drug-likeness (QED) is 0.436. The monoisotopic (exact) mass is 477 g/mol. The zero-order valence-corrected chi connectivity index (χ0v) is 20.1. The Balaban J connectivity index is 1.83. The van der Waals surface area contributed by atoms with E-state index >= 15 is 0 Å². The lowest BCUT2D eigenvalue weighted by Crippen LogP contribution is -2.39. The molecule has 8 nitrogen and oxygen atoms in total. The van der Waals surface area contributed by atoms with Crippen molar-refractivity contribution in [3.63, 3.8) is 0 Å². The van der Waals surface area contributed by atoms with Crippen molar-refractivity contribution in [2.24, 2.45) is 0 Å². The molecule has 0 bridgehead atoms. The summed E-state index contributed by atoms with van der Waals surface area (Å²) >= 11 is 0. The van der Waals surface area contributed by atoms with Crippen molar-refractivity contribution in [1.29, 1.82) is 0 Å². The molecule has 0 N–H and O–H groups in total. The summed E-state index contributed by atoms with van der Waals surface area (Å²) in [6, 6.07) is 10.1. The van der Waals surface area contributed by atoms with Crippen LogP contribution in [0.4, 0.5) is 4.39 Å². The van der Waals surface area contributed by atoms with Gasteiger partial charge in [-0.15, -0.1) is 0 Å². The van der Waals surface area contributed by atoms with Crippen LogP contribution in [-0.2, 0) is 32.7 Å². The predicted molar refractivity (Wildman–Crippen MR) is 122 cm³/mol. The number of halogens is 1. The molecule has 3 aromatic rings. The van der Waals surface area contributed by atoms with Crippen molar-refractivity contribution >= 4 is 27.0 Å². The van der Waals surface area contributed by atoms with Gasteiger partial charge in [0.05, 0.1) is 15.9 Å². The van der Waals surface area contributed by atoms with E-state index in [2.05, 4.69) is 4.98 Å². The van der Waals surface area contributed by atoms with Crippen LogP contribution in [0.1, 0.15) is 33.0 Å². The summed E-state index contributed by atoms with van der Waals surface area (Å²) in [7, 11) is -0.667. The fourth-order valence-corrected chi connectivity index (χ4v) is 4.18. The van der Waals surface area contributed by atoms with Gasteiger partial charge in [-0.2, -0.15) is 0 Å². The van der Waals surface area contributed by atoms with E-state index in [1.54, 1.807) is 26.0 Å². The first-order chi connectivity index (χ1) is 15.5. The highest BCUT2D eigenvalue weighted by Crippen LogP contribution is 2.24. The molecule has 1 aromatic heterocycles. The molecule has 0 spiro atoms. The molecule has 0 saturated heterocycles. The minimum atomic E-state index is -3.60. The molecule has 0 radical (unpaired) electrons. The average molecular weight is 478 g/mol. The molecule has 178 valence electrons. The number of aryl methyl sites for hydroxylation is 1. The Hall–Kier alpha value is -2.98. The molecular weight excluding hydrogens is 449 g/mol. The number of fused-ring (bicyclic) bond motifs is 1. The minimum Gasteiger partial charge on any atom is -0.476 e. The number of carbonyl (C=O) groups is 1. The first-order valence-corrected chi connectivity index (χ1v) is 11.9. The molecule has 10 heteroatoms. The Morgan fingerprint density at radius 2 is 1.82 bits per heavy atom. The second kappa shape index (κ2) is 9.48. The highest BCUT2D eigenvalue weighted by atomic mass is 32.2. The number of sulfonamides is 1. The first-order valence-electron chi connectivity index (χ1n) is 10.5. The Labute approximate surface area is 193 Å². The first kappa shape index (κ1) is 24.7. The number of carbonyl (C=O) groups excluding carboxylic acids is 1. The van der Waals surface area contributed by atoms with Crippen molar-refractivity contribution in [2.45, 2.75) is 50.8 Å². The summed E-state index contributed by atoms with van der Waals surface area (Å²) in [4.78, 5) is 17.4. The lowest BCUT2D eigenvalue weighted by molar-refractivity contribution is -0.161. The zero-order chi connectivity index (χ0) is 24.4. The van der Waals surface area contributed by atoms with Crippen LogP contribution < -0.4 is 4.74 Å². The van der Waals surface area contributed by atoms with Crippen molar-refractivity contribution in [1.82, 2.24) is 13.9 Å². The molecule has 0 saturated carbocycles. The number of esters is 1. The van der Waals surface area contributed by atoms with Gasteiger partial charge in [0.2, 0.25) is 10.0 Å². The number of imidazole rings is 1. The van der Waals surface area contributed by atoms with Gasteiger partial charge in [0.1, 0.15) is 24.0 Å². The summed E-state index contributed by atoms with van der Waals surface area (Å²) in [5, 5.41) is 0. The SMILES string of the molecule is CCCn1c(COC(=O)C(C)(C)Oc2ccc(F)cc2)nc2cc(S(=O)(=O)N(C)C)ccc21. The number of benzene rings is 2. The standard InChI is InChI=1S/C23H28FN3O5S/c1-6-13-27-20-12-11-18(33(29,30)26(4)5)14-19(20)25-21(27)15-31-22(28)23(2,3)32-17-9-7-16(24)8-10-17/h7-12,14H,6,13,15H2,1-5H3. The summed E-state index contributed by atoms with van der Waals surface area (Å²) in [5.74, 6) is -0.180. The maximum atomic E-state index is 13.1. The lowest BCUT2D eigenvalue weighted by Gasteiger charge is -2.24. The molecule has 0 aliphatic rings. The second-order valence-electron chi connectivity index (χ2n) is 8.26. The third-order valence-electron chi connectivity index (χ3n) is 5.04. The van der Waals surface area contributed by atoms with Crippen LogP contribution in [0.5, 0.6) is 5.75 Å². The van der Waals surface area contributed by atoms with Gasteiger partial charge in [-0.3, -0.25) is 0 Å². The summed E-state index contributed by atoms with van der Waals surface area (Å²) < 4.78 is 52.3. The van der Waals surface area contributed by atoms with E-state index in [-0.39, 0.29) is 11.5 Å². The topological polar surface area (TPSA) is 90.7 Å². The van der Waals surface area contributed by atoms with Crippen LogP contribution in [0.2, 0.25) is 0 Å². The van der Waals surface area contributed by atoms with Crippen molar-refractivity contribution < 1.29 is 27.1 Å². The molecular formula is C23H28FN3O5S. The van der Waals surface area contributed by atoms with Crippen LogP contribution in [0.25, 0.3) is 11.0 Å². The van der Waals surface area contributed by atoms with Crippen molar-refractivity contribution in [3.8, 4) is 5.75 Å². The van der Waals surface area contributed by atoms with E-state index in [1.165, 1.54) is 44.4 Å². The molecule has 33 heavy (non-hydrogen) atoms. The Morgan fingerprint density at radius 3 is 2.42 bits per heavy atom. The second-order valence-corrected chi connectivity index (χ2v) is 10.4. The number of hydrogen-bond donors (Lipinski definition) is 0. The molecule has 0 aliphatic carbocycles. The molecule has 3 rings (SSSR count). The molecule has 2 aromatic carbocycles. The van der Waals surface area contributed by atoms with Gasteiger partial charge in [0.15, 0.2) is 5.60 Å². The van der Waals surface area contributed by atoms with Crippen LogP contribution in [0.3, 0.4) is 0 Å². The molecule has 0 atom stereocenters. The number of aromatic nitrogens is 2. The molecule has 0 aliphatic heterocycles. The fraction of sp³-hybridized carbons (Fsp3) is 0.391. The van der Waals surface area contributed by atoms with E-state index in [9.17, 15) is 17.6 Å². The maximum absolute atomic E-state index is 13.1. The number of ether oxygens (including phenoxy) is 2. The average Bonchev–Trinajstić information content (AvgIpc) is 3.10. The van der Waals surface area contributed by atoms with Gasteiger partial charge in [-0.1, -0.05) is 6.92 Å². The van der Waals surface area contributed by atoms with Crippen LogP contribution in [0, 0.1) is 5.82 Å². The summed E-state index contributed by atoms with van der Waals surface area (Å²) in [5.41, 5.74) is -0.0616. The zero-order valence-electron chi connectivity index (χ0n) is 19.3. The van der Waals surface area contributed by atoms with Gasteiger partial charge in [-0.05, 0) is 62.7 Å². The molecule has 0 amide bonds. The van der Waals surface area contributed by atoms with Gasteiger partial charge < -0.3 is 14.0 Å². The van der Waals surface area contributed by atoms with E-state index < -0.39 is 27.4 Å². The Bertz CT molecular complexity index is 1250. The van der Waals surface area contributed by atoms with Crippen LogP contribution >= 0.6 is 0 Å². The summed E-state index contributed by atoms with van der Waals surface area (Å²) in [6.45, 7) is 5.64. The number of nitrogens with zero attached hydrogens (tertiary/aromatic N) is 3.